The molecule has 1 fully saturated rings. The van der Waals surface area contributed by atoms with E-state index in [1.807, 2.05) is 41.1 Å². The van der Waals surface area contributed by atoms with Crippen molar-refractivity contribution in [3.63, 3.8) is 0 Å². The topological polar surface area (TPSA) is 43.8 Å². The van der Waals surface area contributed by atoms with Crippen LogP contribution in [0.15, 0.2) is 24.3 Å². The van der Waals surface area contributed by atoms with Gasteiger partial charge in [0.1, 0.15) is 6.61 Å². The number of aliphatic hydroxyl groups excluding tert-OH is 1. The summed E-state index contributed by atoms with van der Waals surface area (Å²) in [6.07, 6.45) is 2.24. The van der Waals surface area contributed by atoms with E-state index in [-0.39, 0.29) is 12.5 Å². The highest BCUT2D eigenvalue weighted by atomic mass is 16.2. The fourth-order valence-electron chi connectivity index (χ4n) is 2.56. The molecule has 1 N–H and O–H groups in total. The van der Waals surface area contributed by atoms with Gasteiger partial charge in [-0.3, -0.25) is 9.69 Å². The smallest absolute Gasteiger partial charge is 0.236 e. The fraction of sp³-hybridized carbons (Fsp3) is 0.471. The van der Waals surface area contributed by atoms with Gasteiger partial charge in [-0.15, -0.1) is 0 Å². The Morgan fingerprint density at radius 3 is 2.76 bits per heavy atom. The van der Waals surface area contributed by atoms with Crippen molar-refractivity contribution in [2.24, 2.45) is 0 Å². The maximum absolute atomic E-state index is 12.1. The quantitative estimate of drug-likeness (QED) is 0.843. The van der Waals surface area contributed by atoms with E-state index in [1.165, 1.54) is 0 Å². The number of carbonyl (C=O) groups is 1. The monoisotopic (exact) mass is 286 g/mol. The van der Waals surface area contributed by atoms with Crippen LogP contribution in [0.5, 0.6) is 0 Å². The summed E-state index contributed by atoms with van der Waals surface area (Å²) < 4.78 is 0. The number of hydrogen-bond acceptors (Lipinski definition) is 3. The predicted molar refractivity (Wildman–Crippen MR) is 82.6 cm³/mol. The van der Waals surface area contributed by atoms with Crippen LogP contribution in [-0.4, -0.2) is 54.1 Å². The second kappa shape index (κ2) is 7.82. The van der Waals surface area contributed by atoms with E-state index in [9.17, 15) is 4.79 Å². The molecule has 0 spiro atoms. The van der Waals surface area contributed by atoms with Gasteiger partial charge in [0, 0.05) is 25.2 Å². The minimum atomic E-state index is -0.141. The number of nitrogens with zero attached hydrogens (tertiary/aromatic N) is 2. The first kappa shape index (κ1) is 15.6. The van der Waals surface area contributed by atoms with Crippen molar-refractivity contribution in [1.82, 2.24) is 9.80 Å². The van der Waals surface area contributed by atoms with Crippen molar-refractivity contribution >= 4 is 5.91 Å². The van der Waals surface area contributed by atoms with Gasteiger partial charge in [0.05, 0.1) is 6.54 Å². The van der Waals surface area contributed by atoms with Crippen LogP contribution < -0.4 is 0 Å². The molecule has 0 saturated carbocycles. The van der Waals surface area contributed by atoms with Gasteiger partial charge in [0.2, 0.25) is 5.91 Å². The normalized spacial score (nSPS) is 14.1. The van der Waals surface area contributed by atoms with Gasteiger partial charge < -0.3 is 10.0 Å². The maximum atomic E-state index is 12.1. The van der Waals surface area contributed by atoms with E-state index in [1.54, 1.807) is 0 Å². The van der Waals surface area contributed by atoms with Crippen LogP contribution in [0, 0.1) is 11.8 Å². The summed E-state index contributed by atoms with van der Waals surface area (Å²) in [6, 6.07) is 7.85. The van der Waals surface area contributed by atoms with Gasteiger partial charge >= 0.3 is 0 Å². The van der Waals surface area contributed by atoms with Gasteiger partial charge in [-0.25, -0.2) is 0 Å². The highest BCUT2D eigenvalue weighted by Crippen LogP contribution is 2.11. The first-order chi connectivity index (χ1) is 10.2. The molecule has 1 aliphatic heterocycles. The lowest BCUT2D eigenvalue weighted by Crippen LogP contribution is -2.37. The van der Waals surface area contributed by atoms with E-state index in [2.05, 4.69) is 11.8 Å². The van der Waals surface area contributed by atoms with Crippen LogP contribution in [-0.2, 0) is 11.3 Å². The number of hydrogen-bond donors (Lipinski definition) is 1. The summed E-state index contributed by atoms with van der Waals surface area (Å²) in [7, 11) is 1.95. The predicted octanol–water partition coefficient (Wildman–Crippen LogP) is 1.08. The minimum absolute atomic E-state index is 0.141. The molecule has 0 radical (unpaired) electrons. The highest BCUT2D eigenvalue weighted by molar-refractivity contribution is 5.78. The maximum Gasteiger partial charge on any atom is 0.236 e. The van der Waals surface area contributed by atoms with Crippen LogP contribution in [0.25, 0.3) is 0 Å². The van der Waals surface area contributed by atoms with E-state index >= 15 is 0 Å². The van der Waals surface area contributed by atoms with Crippen LogP contribution in [0.3, 0.4) is 0 Å². The average molecular weight is 286 g/mol. The van der Waals surface area contributed by atoms with Crippen LogP contribution in [0.2, 0.25) is 0 Å². The van der Waals surface area contributed by atoms with Gasteiger partial charge in [0.25, 0.3) is 0 Å². The van der Waals surface area contributed by atoms with E-state index < -0.39 is 0 Å². The highest BCUT2D eigenvalue weighted by Gasteiger charge is 2.19. The van der Waals surface area contributed by atoms with Gasteiger partial charge in [0.15, 0.2) is 0 Å². The lowest BCUT2D eigenvalue weighted by molar-refractivity contribution is -0.131. The zero-order chi connectivity index (χ0) is 15.1. The summed E-state index contributed by atoms with van der Waals surface area (Å²) in [5, 5.41) is 8.81. The number of carbonyl (C=O) groups excluding carboxylic acids is 1. The zero-order valence-electron chi connectivity index (χ0n) is 12.5. The summed E-state index contributed by atoms with van der Waals surface area (Å²) >= 11 is 0. The third-order valence-electron chi connectivity index (χ3n) is 3.62. The van der Waals surface area contributed by atoms with Crippen molar-refractivity contribution in [2.45, 2.75) is 19.4 Å². The summed E-state index contributed by atoms with van der Waals surface area (Å²) in [6.45, 7) is 2.76. The molecule has 0 aromatic heterocycles. The van der Waals surface area contributed by atoms with Crippen molar-refractivity contribution in [2.75, 3.05) is 33.3 Å². The molecular weight excluding hydrogens is 264 g/mol. The molecule has 1 aliphatic rings. The molecule has 0 unspecified atom stereocenters. The third-order valence-corrected chi connectivity index (χ3v) is 3.62. The summed E-state index contributed by atoms with van der Waals surface area (Å²) in [5.41, 5.74) is 1.99. The molecule has 0 atom stereocenters. The lowest BCUT2D eigenvalue weighted by Gasteiger charge is -2.21. The Balaban J connectivity index is 1.95. The Bertz CT molecular complexity index is 539. The largest absolute Gasteiger partial charge is 0.384 e. The molecule has 1 saturated heterocycles. The number of rotatable bonds is 4. The van der Waals surface area contributed by atoms with Gasteiger partial charge in [-0.2, -0.15) is 0 Å². The van der Waals surface area contributed by atoms with E-state index in [4.69, 9.17) is 5.11 Å². The SMILES string of the molecule is CN(CC(=O)N1CCCC1)Cc1ccccc1C#CCO. The first-order valence-corrected chi connectivity index (χ1v) is 7.34. The standard InChI is InChI=1S/C17H22N2O2/c1-18(14-17(21)19-10-4-5-11-19)13-16-8-3-2-7-15(16)9-6-12-20/h2-3,7-8,20H,4-5,10-14H2,1H3. The molecule has 1 aromatic carbocycles. The molecule has 112 valence electrons. The zero-order valence-corrected chi connectivity index (χ0v) is 12.5. The van der Waals surface area contributed by atoms with Crippen molar-refractivity contribution in [3.05, 3.63) is 35.4 Å². The molecule has 4 heteroatoms. The van der Waals surface area contributed by atoms with Crippen LogP contribution in [0.1, 0.15) is 24.0 Å². The number of likely N-dealkylation sites (tertiary alicyclic amines) is 1. The molecule has 4 nitrogen and oxygen atoms in total. The van der Waals surface area contributed by atoms with Crippen molar-refractivity contribution in [1.29, 1.82) is 0 Å². The first-order valence-electron chi connectivity index (χ1n) is 7.34. The lowest BCUT2D eigenvalue weighted by atomic mass is 10.1. The number of amides is 1. The minimum Gasteiger partial charge on any atom is -0.384 e. The van der Waals surface area contributed by atoms with Gasteiger partial charge in [-0.1, -0.05) is 30.0 Å². The summed E-state index contributed by atoms with van der Waals surface area (Å²) in [4.78, 5) is 16.1. The molecule has 21 heavy (non-hydrogen) atoms. The number of benzene rings is 1. The number of aliphatic hydroxyl groups is 1. The third kappa shape index (κ3) is 4.59. The second-order valence-corrected chi connectivity index (χ2v) is 5.38. The number of likely N-dealkylation sites (N-methyl/N-ethyl adjacent to an activating group) is 1. The average Bonchev–Trinajstić information content (AvgIpc) is 3.00. The molecular formula is C17H22N2O2. The van der Waals surface area contributed by atoms with Gasteiger partial charge in [-0.05, 0) is 31.5 Å². The van der Waals surface area contributed by atoms with Crippen LogP contribution in [0.4, 0.5) is 0 Å². The van der Waals surface area contributed by atoms with Crippen molar-refractivity contribution in [3.8, 4) is 11.8 Å². The second-order valence-electron chi connectivity index (χ2n) is 5.38. The van der Waals surface area contributed by atoms with Crippen LogP contribution >= 0.6 is 0 Å². The molecule has 0 aliphatic carbocycles. The Kier molecular flexibility index (Phi) is 5.79. The fourth-order valence-corrected chi connectivity index (χ4v) is 2.56. The molecule has 2 rings (SSSR count). The molecule has 1 aromatic rings. The Morgan fingerprint density at radius 2 is 2.05 bits per heavy atom. The van der Waals surface area contributed by atoms with E-state index in [0.29, 0.717) is 13.1 Å². The Hall–Kier alpha value is -1.83. The Morgan fingerprint density at radius 1 is 1.33 bits per heavy atom. The molecule has 0 bridgehead atoms. The Labute approximate surface area is 126 Å². The molecule has 1 heterocycles. The molecule has 1 amide bonds. The summed E-state index contributed by atoms with van der Waals surface area (Å²) in [5.74, 6) is 5.83. The van der Waals surface area contributed by atoms with E-state index in [0.717, 1.165) is 37.1 Å². The van der Waals surface area contributed by atoms with Crippen molar-refractivity contribution < 1.29 is 9.90 Å².